The molecule has 19 heavy (non-hydrogen) atoms. The molecule has 2 saturated heterocycles. The van der Waals surface area contributed by atoms with Crippen molar-refractivity contribution in [3.63, 3.8) is 0 Å². The van der Waals surface area contributed by atoms with Crippen molar-refractivity contribution in [1.82, 2.24) is 14.5 Å². The van der Waals surface area contributed by atoms with E-state index < -0.39 is 14.8 Å². The second-order valence-electron chi connectivity index (χ2n) is 6.24. The summed E-state index contributed by atoms with van der Waals surface area (Å²) in [7, 11) is -3.19. The molecule has 0 saturated carbocycles. The first-order valence-corrected chi connectivity index (χ1v) is 8.80. The summed E-state index contributed by atoms with van der Waals surface area (Å²) in [6, 6.07) is 0. The third-order valence-corrected chi connectivity index (χ3v) is 6.83. The van der Waals surface area contributed by atoms with Gasteiger partial charge in [-0.1, -0.05) is 6.42 Å². The van der Waals surface area contributed by atoms with Crippen molar-refractivity contribution < 1.29 is 8.42 Å². The van der Waals surface area contributed by atoms with Crippen LogP contribution in [0.3, 0.4) is 0 Å². The maximum atomic E-state index is 12.6. The van der Waals surface area contributed by atoms with E-state index in [0.717, 1.165) is 26.2 Å². The molecule has 0 spiro atoms. The topological polar surface area (TPSA) is 52.6 Å². The number of nitrogens with zero attached hydrogens (tertiary/aromatic N) is 2. The van der Waals surface area contributed by atoms with Crippen LogP contribution in [0.4, 0.5) is 0 Å². The van der Waals surface area contributed by atoms with Crippen molar-refractivity contribution in [1.29, 1.82) is 0 Å². The second kappa shape index (κ2) is 6.08. The van der Waals surface area contributed by atoms with Gasteiger partial charge in [-0.15, -0.1) is 0 Å². The van der Waals surface area contributed by atoms with Gasteiger partial charge in [0, 0.05) is 32.7 Å². The number of hydrogen-bond acceptors (Lipinski definition) is 4. The van der Waals surface area contributed by atoms with Crippen LogP contribution in [0.15, 0.2) is 0 Å². The minimum Gasteiger partial charge on any atom is -0.314 e. The summed E-state index contributed by atoms with van der Waals surface area (Å²) in [5.41, 5.74) is 0. The van der Waals surface area contributed by atoms with Gasteiger partial charge in [0.15, 0.2) is 0 Å². The Hall–Kier alpha value is -0.170. The van der Waals surface area contributed by atoms with E-state index in [1.165, 1.54) is 19.3 Å². The summed E-state index contributed by atoms with van der Waals surface area (Å²) in [4.78, 5) is 2.39. The monoisotopic (exact) mass is 289 g/mol. The van der Waals surface area contributed by atoms with Crippen molar-refractivity contribution in [2.45, 2.75) is 37.9 Å². The van der Waals surface area contributed by atoms with E-state index in [0.29, 0.717) is 19.6 Å². The van der Waals surface area contributed by atoms with Gasteiger partial charge in [-0.2, -0.15) is 4.31 Å². The quantitative estimate of drug-likeness (QED) is 0.821. The van der Waals surface area contributed by atoms with E-state index >= 15 is 0 Å². The number of piperidine rings is 1. The maximum Gasteiger partial charge on any atom is 0.220 e. The van der Waals surface area contributed by atoms with E-state index in [2.05, 4.69) is 10.2 Å². The van der Waals surface area contributed by atoms with Gasteiger partial charge in [0.1, 0.15) is 0 Å². The normalized spacial score (nSPS) is 28.9. The van der Waals surface area contributed by atoms with Gasteiger partial charge in [-0.25, -0.2) is 8.42 Å². The smallest absolute Gasteiger partial charge is 0.220 e. The fourth-order valence-corrected chi connectivity index (χ4v) is 4.46. The molecule has 0 atom stereocenters. The maximum absolute atomic E-state index is 12.6. The van der Waals surface area contributed by atoms with Gasteiger partial charge < -0.3 is 10.2 Å². The zero-order valence-corrected chi connectivity index (χ0v) is 13.0. The van der Waals surface area contributed by atoms with Crippen LogP contribution >= 0.6 is 0 Å². The largest absolute Gasteiger partial charge is 0.314 e. The van der Waals surface area contributed by atoms with Crippen molar-refractivity contribution >= 4 is 10.0 Å². The van der Waals surface area contributed by atoms with Gasteiger partial charge in [0.05, 0.1) is 4.75 Å². The average Bonchev–Trinajstić information content (AvgIpc) is 2.47. The van der Waals surface area contributed by atoms with E-state index in [1.807, 2.05) is 13.8 Å². The first-order chi connectivity index (χ1) is 8.93. The fourth-order valence-electron chi connectivity index (χ4n) is 2.82. The molecule has 2 fully saturated rings. The standard InChI is InChI=1S/C13H27N3O2S/c1-13(2)12-14-6-9-16(19(13,17)18)11-10-15-7-4-3-5-8-15/h14H,3-12H2,1-2H3. The van der Waals surface area contributed by atoms with Crippen molar-refractivity contribution in [2.24, 2.45) is 0 Å². The van der Waals surface area contributed by atoms with Crippen LogP contribution < -0.4 is 5.32 Å². The zero-order valence-electron chi connectivity index (χ0n) is 12.2. The number of hydrogen-bond donors (Lipinski definition) is 1. The fraction of sp³-hybridized carbons (Fsp3) is 1.00. The van der Waals surface area contributed by atoms with Crippen molar-refractivity contribution in [2.75, 3.05) is 45.8 Å². The lowest BCUT2D eigenvalue weighted by atomic mass is 10.1. The highest BCUT2D eigenvalue weighted by atomic mass is 32.2. The van der Waals surface area contributed by atoms with Gasteiger partial charge >= 0.3 is 0 Å². The molecule has 2 heterocycles. The van der Waals surface area contributed by atoms with Crippen LogP contribution in [0.1, 0.15) is 33.1 Å². The summed E-state index contributed by atoms with van der Waals surface area (Å²) in [6.45, 7) is 9.26. The molecule has 0 radical (unpaired) electrons. The van der Waals surface area contributed by atoms with E-state index in [-0.39, 0.29) is 0 Å². The van der Waals surface area contributed by atoms with Crippen LogP contribution in [0, 0.1) is 0 Å². The highest BCUT2D eigenvalue weighted by molar-refractivity contribution is 7.90. The Bertz CT molecular complexity index is 389. The Morgan fingerprint density at radius 3 is 2.42 bits per heavy atom. The van der Waals surface area contributed by atoms with Crippen LogP contribution in [0.5, 0.6) is 0 Å². The van der Waals surface area contributed by atoms with Gasteiger partial charge in [0.2, 0.25) is 10.0 Å². The third kappa shape index (κ3) is 3.48. The molecule has 0 aromatic carbocycles. The Morgan fingerprint density at radius 2 is 1.74 bits per heavy atom. The molecular weight excluding hydrogens is 262 g/mol. The van der Waals surface area contributed by atoms with Gasteiger partial charge in [0.25, 0.3) is 0 Å². The number of likely N-dealkylation sites (tertiary alicyclic amines) is 1. The van der Waals surface area contributed by atoms with Crippen LogP contribution in [-0.2, 0) is 10.0 Å². The lowest BCUT2D eigenvalue weighted by Gasteiger charge is -2.32. The highest BCUT2D eigenvalue weighted by Crippen LogP contribution is 2.22. The van der Waals surface area contributed by atoms with Crippen molar-refractivity contribution in [3.8, 4) is 0 Å². The Balaban J connectivity index is 1.97. The molecule has 112 valence electrons. The predicted octanol–water partition coefficient (Wildman–Crippen LogP) is 0.486. The average molecular weight is 289 g/mol. The lowest BCUT2D eigenvalue weighted by molar-refractivity contribution is 0.213. The Kier molecular flexibility index (Phi) is 4.87. The molecule has 0 amide bonds. The molecule has 2 aliphatic heterocycles. The summed E-state index contributed by atoms with van der Waals surface area (Å²) in [5.74, 6) is 0. The molecule has 0 bridgehead atoms. The minimum atomic E-state index is -3.19. The molecule has 0 aromatic rings. The SMILES string of the molecule is CC1(C)CNCCN(CCN2CCCCC2)S1(=O)=O. The second-order valence-corrected chi connectivity index (χ2v) is 8.81. The van der Waals surface area contributed by atoms with Crippen LogP contribution in [0.2, 0.25) is 0 Å². The number of nitrogens with one attached hydrogen (secondary N) is 1. The first-order valence-electron chi connectivity index (χ1n) is 7.36. The number of rotatable bonds is 3. The summed E-state index contributed by atoms with van der Waals surface area (Å²) in [6.07, 6.45) is 3.81. The lowest BCUT2D eigenvalue weighted by Crippen LogP contribution is -2.48. The molecule has 0 unspecified atom stereocenters. The van der Waals surface area contributed by atoms with Crippen LogP contribution in [-0.4, -0.2) is 68.2 Å². The molecule has 0 aromatic heterocycles. The minimum absolute atomic E-state index is 0.537. The van der Waals surface area contributed by atoms with Gasteiger partial charge in [-0.3, -0.25) is 0 Å². The van der Waals surface area contributed by atoms with E-state index in [9.17, 15) is 8.42 Å². The predicted molar refractivity (Wildman–Crippen MR) is 77.7 cm³/mol. The summed E-state index contributed by atoms with van der Waals surface area (Å²) in [5, 5.41) is 3.23. The van der Waals surface area contributed by atoms with Gasteiger partial charge in [-0.05, 0) is 39.8 Å². The van der Waals surface area contributed by atoms with Crippen LogP contribution in [0.25, 0.3) is 0 Å². The molecule has 0 aliphatic carbocycles. The third-order valence-electron chi connectivity index (χ3n) is 4.24. The van der Waals surface area contributed by atoms with E-state index in [1.54, 1.807) is 4.31 Å². The highest BCUT2D eigenvalue weighted by Gasteiger charge is 2.40. The molecule has 6 heteroatoms. The summed E-state index contributed by atoms with van der Waals surface area (Å²) < 4.78 is 26.2. The molecular formula is C13H27N3O2S. The molecule has 1 N–H and O–H groups in total. The summed E-state index contributed by atoms with van der Waals surface area (Å²) >= 11 is 0. The zero-order chi connectivity index (χ0) is 13.9. The number of sulfonamides is 1. The molecule has 5 nitrogen and oxygen atoms in total. The first kappa shape index (κ1) is 15.2. The Labute approximate surface area is 117 Å². The Morgan fingerprint density at radius 1 is 1.05 bits per heavy atom. The van der Waals surface area contributed by atoms with E-state index in [4.69, 9.17) is 0 Å². The molecule has 2 aliphatic rings. The molecule has 2 rings (SSSR count). The van der Waals surface area contributed by atoms with Crippen molar-refractivity contribution in [3.05, 3.63) is 0 Å².